The van der Waals surface area contributed by atoms with Crippen LogP contribution in [-0.2, 0) is 22.6 Å². The van der Waals surface area contributed by atoms with E-state index in [0.717, 1.165) is 22.6 Å². The van der Waals surface area contributed by atoms with Gasteiger partial charge in [0.05, 0.1) is 7.11 Å². The van der Waals surface area contributed by atoms with Crippen molar-refractivity contribution in [3.05, 3.63) is 53.6 Å². The number of nitrogens with zero attached hydrogens (tertiary/aromatic N) is 1. The molecule has 0 bridgehead atoms. The van der Waals surface area contributed by atoms with Crippen molar-refractivity contribution in [1.29, 1.82) is 0 Å². The van der Waals surface area contributed by atoms with Gasteiger partial charge >= 0.3 is 0 Å². The highest BCUT2D eigenvalue weighted by Crippen LogP contribution is 2.33. The van der Waals surface area contributed by atoms with Crippen LogP contribution in [0.3, 0.4) is 0 Å². The van der Waals surface area contributed by atoms with Gasteiger partial charge in [0.25, 0.3) is 0 Å². The molecule has 0 saturated heterocycles. The molecule has 1 aliphatic rings. The smallest absolute Gasteiger partial charge is 0.243 e. The molecule has 0 aromatic heterocycles. The highest BCUT2D eigenvalue weighted by molar-refractivity contribution is 5.88. The molecule has 178 valence electrons. The number of carbonyl (C=O) groups excluding carboxylic acids is 2. The monoisotopic (exact) mass is 454 g/mol. The van der Waals surface area contributed by atoms with Crippen molar-refractivity contribution < 1.29 is 23.8 Å². The van der Waals surface area contributed by atoms with Gasteiger partial charge in [-0.15, -0.1) is 0 Å². The maximum Gasteiger partial charge on any atom is 0.243 e. The maximum absolute atomic E-state index is 13.4. The Morgan fingerprint density at radius 1 is 1.06 bits per heavy atom. The predicted octanol–water partition coefficient (Wildman–Crippen LogP) is 4.08. The van der Waals surface area contributed by atoms with Crippen molar-refractivity contribution in [1.82, 2.24) is 10.2 Å². The molecular formula is C26H34N2O5. The number of ether oxygens (including phenoxy) is 3. The molecule has 0 spiro atoms. The van der Waals surface area contributed by atoms with Crippen LogP contribution in [0.15, 0.2) is 42.5 Å². The van der Waals surface area contributed by atoms with Crippen molar-refractivity contribution in [2.24, 2.45) is 0 Å². The van der Waals surface area contributed by atoms with Gasteiger partial charge in [0, 0.05) is 18.5 Å². The summed E-state index contributed by atoms with van der Waals surface area (Å²) in [5, 5.41) is 3.03. The van der Waals surface area contributed by atoms with Crippen LogP contribution in [0.4, 0.5) is 0 Å². The van der Waals surface area contributed by atoms with E-state index < -0.39 is 6.04 Å². The molecule has 7 nitrogen and oxygen atoms in total. The number of benzene rings is 2. The number of amides is 2. The third-order valence-electron chi connectivity index (χ3n) is 5.46. The number of aryl methyl sites for hydroxylation is 1. The lowest BCUT2D eigenvalue weighted by Crippen LogP contribution is -2.53. The summed E-state index contributed by atoms with van der Waals surface area (Å²) in [6.45, 7) is 8.31. The highest BCUT2D eigenvalue weighted by Gasteiger charge is 2.30. The lowest BCUT2D eigenvalue weighted by Gasteiger charge is -2.33. The molecule has 0 saturated carbocycles. The Balaban J connectivity index is 1.77. The average Bonchev–Trinajstić information content (AvgIpc) is 3.24. The SMILES string of the molecule is CC[C@H](C(=O)NC(C)(C)C)N(Cc1ccc(OC)cc1)C(=O)CCc1ccc2c(c1)OCO2. The van der Waals surface area contributed by atoms with Crippen molar-refractivity contribution in [3.8, 4) is 17.2 Å². The van der Waals surface area contributed by atoms with Gasteiger partial charge in [-0.1, -0.05) is 25.1 Å². The summed E-state index contributed by atoms with van der Waals surface area (Å²) in [6, 6.07) is 12.7. The molecule has 0 aliphatic carbocycles. The van der Waals surface area contributed by atoms with Gasteiger partial charge in [-0.05, 0) is 69.0 Å². The van der Waals surface area contributed by atoms with Crippen LogP contribution >= 0.6 is 0 Å². The lowest BCUT2D eigenvalue weighted by atomic mass is 10.0. The van der Waals surface area contributed by atoms with Crippen LogP contribution in [0.25, 0.3) is 0 Å². The molecular weight excluding hydrogens is 420 g/mol. The second kappa shape index (κ2) is 10.6. The molecule has 1 heterocycles. The molecule has 1 atom stereocenters. The normalized spacial score (nSPS) is 13.4. The summed E-state index contributed by atoms with van der Waals surface area (Å²) in [4.78, 5) is 28.2. The van der Waals surface area contributed by atoms with Gasteiger partial charge in [-0.2, -0.15) is 0 Å². The fraction of sp³-hybridized carbons (Fsp3) is 0.462. The third-order valence-corrected chi connectivity index (χ3v) is 5.46. The zero-order valence-corrected chi connectivity index (χ0v) is 20.1. The summed E-state index contributed by atoms with van der Waals surface area (Å²) >= 11 is 0. The summed E-state index contributed by atoms with van der Waals surface area (Å²) in [5.74, 6) is 1.95. The number of fused-ring (bicyclic) bond motifs is 1. The van der Waals surface area contributed by atoms with Crippen molar-refractivity contribution in [3.63, 3.8) is 0 Å². The lowest BCUT2D eigenvalue weighted by molar-refractivity contribution is -0.142. The fourth-order valence-electron chi connectivity index (χ4n) is 3.79. The molecule has 2 aromatic carbocycles. The van der Waals surface area contributed by atoms with Crippen LogP contribution in [0.1, 0.15) is 51.7 Å². The van der Waals surface area contributed by atoms with Crippen LogP contribution in [-0.4, -0.2) is 42.2 Å². The number of rotatable bonds is 9. The quantitative estimate of drug-likeness (QED) is 0.618. The summed E-state index contributed by atoms with van der Waals surface area (Å²) in [6.07, 6.45) is 1.36. The fourth-order valence-corrected chi connectivity index (χ4v) is 3.79. The zero-order valence-electron chi connectivity index (χ0n) is 20.1. The van der Waals surface area contributed by atoms with E-state index in [9.17, 15) is 9.59 Å². The minimum absolute atomic E-state index is 0.0700. The number of hydrogen-bond donors (Lipinski definition) is 1. The molecule has 0 radical (unpaired) electrons. The number of nitrogens with one attached hydrogen (secondary N) is 1. The Kier molecular flexibility index (Phi) is 7.84. The Morgan fingerprint density at radius 2 is 1.73 bits per heavy atom. The van der Waals surface area contributed by atoms with E-state index in [4.69, 9.17) is 14.2 Å². The molecule has 3 rings (SSSR count). The van der Waals surface area contributed by atoms with E-state index in [0.29, 0.717) is 25.1 Å². The molecule has 33 heavy (non-hydrogen) atoms. The summed E-state index contributed by atoms with van der Waals surface area (Å²) < 4.78 is 16.0. The maximum atomic E-state index is 13.4. The van der Waals surface area contributed by atoms with Crippen LogP contribution in [0.2, 0.25) is 0 Å². The first kappa shape index (κ1) is 24.4. The summed E-state index contributed by atoms with van der Waals surface area (Å²) in [7, 11) is 1.62. The van der Waals surface area contributed by atoms with Crippen molar-refractivity contribution in [2.75, 3.05) is 13.9 Å². The molecule has 1 N–H and O–H groups in total. The van der Waals surface area contributed by atoms with Crippen LogP contribution < -0.4 is 19.5 Å². The largest absolute Gasteiger partial charge is 0.497 e. The molecule has 2 aromatic rings. The van der Waals surface area contributed by atoms with Gasteiger partial charge in [-0.3, -0.25) is 9.59 Å². The van der Waals surface area contributed by atoms with Crippen molar-refractivity contribution in [2.45, 2.75) is 65.1 Å². The Morgan fingerprint density at radius 3 is 2.36 bits per heavy atom. The van der Waals surface area contributed by atoms with Gasteiger partial charge in [-0.25, -0.2) is 0 Å². The standard InChI is InChI=1S/C26H34N2O5/c1-6-21(25(30)27-26(2,3)4)28(16-19-7-11-20(31-5)12-8-19)24(29)14-10-18-9-13-22-23(15-18)33-17-32-22/h7-9,11-13,15,21H,6,10,14,16-17H2,1-5H3,(H,27,30)/t21-/m1/s1. The molecule has 2 amide bonds. The Labute approximate surface area is 196 Å². The third kappa shape index (κ3) is 6.63. The second-order valence-corrected chi connectivity index (χ2v) is 9.22. The van der Waals surface area contributed by atoms with E-state index in [1.807, 2.05) is 70.2 Å². The minimum Gasteiger partial charge on any atom is -0.497 e. The number of carbonyl (C=O) groups is 2. The molecule has 0 unspecified atom stereocenters. The highest BCUT2D eigenvalue weighted by atomic mass is 16.7. The van der Waals surface area contributed by atoms with E-state index in [1.165, 1.54) is 0 Å². The predicted molar refractivity (Wildman–Crippen MR) is 126 cm³/mol. The van der Waals surface area contributed by atoms with Gasteiger partial charge < -0.3 is 24.4 Å². The zero-order chi connectivity index (χ0) is 24.0. The first-order valence-corrected chi connectivity index (χ1v) is 11.3. The second-order valence-electron chi connectivity index (χ2n) is 9.22. The molecule has 0 fully saturated rings. The Bertz CT molecular complexity index is 966. The molecule has 7 heteroatoms. The first-order valence-electron chi connectivity index (χ1n) is 11.3. The van der Waals surface area contributed by atoms with E-state index in [-0.39, 0.29) is 30.6 Å². The van der Waals surface area contributed by atoms with Gasteiger partial charge in [0.2, 0.25) is 18.6 Å². The average molecular weight is 455 g/mol. The van der Waals surface area contributed by atoms with Crippen LogP contribution in [0.5, 0.6) is 17.2 Å². The summed E-state index contributed by atoms with van der Waals surface area (Å²) in [5.41, 5.74) is 1.55. The van der Waals surface area contributed by atoms with E-state index >= 15 is 0 Å². The van der Waals surface area contributed by atoms with E-state index in [2.05, 4.69) is 5.32 Å². The Hall–Kier alpha value is -3.22. The molecule has 1 aliphatic heterocycles. The van der Waals surface area contributed by atoms with Crippen molar-refractivity contribution >= 4 is 11.8 Å². The van der Waals surface area contributed by atoms with Gasteiger partial charge in [0.15, 0.2) is 11.5 Å². The topological polar surface area (TPSA) is 77.1 Å². The minimum atomic E-state index is -0.560. The van der Waals surface area contributed by atoms with Gasteiger partial charge in [0.1, 0.15) is 11.8 Å². The number of hydrogen-bond acceptors (Lipinski definition) is 5. The first-order chi connectivity index (χ1) is 15.7. The van der Waals surface area contributed by atoms with Crippen LogP contribution in [0, 0.1) is 0 Å². The van der Waals surface area contributed by atoms with E-state index in [1.54, 1.807) is 12.0 Å². The number of methoxy groups -OCH3 is 1.